The molecule has 0 spiro atoms. The van der Waals surface area contributed by atoms with E-state index in [-0.39, 0.29) is 42.5 Å². The highest BCUT2D eigenvalue weighted by Gasteiger charge is 2.19. The van der Waals surface area contributed by atoms with Crippen molar-refractivity contribution in [3.63, 3.8) is 0 Å². The molecule has 6 heteroatoms. The van der Waals surface area contributed by atoms with Crippen LogP contribution in [0, 0.1) is 5.82 Å². The van der Waals surface area contributed by atoms with Gasteiger partial charge in [0.2, 0.25) is 5.91 Å². The summed E-state index contributed by atoms with van der Waals surface area (Å²) >= 11 is 0. The van der Waals surface area contributed by atoms with E-state index in [9.17, 15) is 9.18 Å². The molecule has 2 aliphatic rings. The third-order valence-electron chi connectivity index (χ3n) is 4.23. The van der Waals surface area contributed by atoms with Crippen LogP contribution < -0.4 is 10.6 Å². The van der Waals surface area contributed by atoms with E-state index in [0.717, 1.165) is 24.9 Å². The van der Waals surface area contributed by atoms with E-state index < -0.39 is 0 Å². The zero-order valence-corrected chi connectivity index (χ0v) is 13.3. The number of benzene rings is 1. The van der Waals surface area contributed by atoms with Crippen molar-refractivity contribution in [3.05, 3.63) is 29.1 Å². The van der Waals surface area contributed by atoms with Crippen molar-refractivity contribution in [1.29, 1.82) is 0 Å². The number of rotatable bonds is 4. The highest BCUT2D eigenvalue weighted by molar-refractivity contribution is 5.92. The van der Waals surface area contributed by atoms with E-state index in [4.69, 9.17) is 4.74 Å². The maximum atomic E-state index is 14.4. The minimum absolute atomic E-state index is 0. The molecule has 3 rings (SSSR count). The molecule has 0 saturated heterocycles. The maximum Gasteiger partial charge on any atom is 0.250 e. The molecule has 0 atom stereocenters. The van der Waals surface area contributed by atoms with Crippen LogP contribution in [0.4, 0.5) is 10.1 Å². The van der Waals surface area contributed by atoms with Gasteiger partial charge >= 0.3 is 0 Å². The molecular formula is C16H22ClFN2O2. The van der Waals surface area contributed by atoms with Crippen LogP contribution >= 0.6 is 12.4 Å². The van der Waals surface area contributed by atoms with Gasteiger partial charge in [-0.3, -0.25) is 4.79 Å². The summed E-state index contributed by atoms with van der Waals surface area (Å²) in [6.45, 7) is 1.46. The fourth-order valence-electron chi connectivity index (χ4n) is 3.06. The molecule has 1 aromatic rings. The van der Waals surface area contributed by atoms with Crippen LogP contribution in [0.1, 0.15) is 36.8 Å². The summed E-state index contributed by atoms with van der Waals surface area (Å²) in [5.41, 5.74) is 1.94. The Bertz CT molecular complexity index is 533. The van der Waals surface area contributed by atoms with E-state index >= 15 is 0 Å². The summed E-state index contributed by atoms with van der Waals surface area (Å²) in [4.78, 5) is 11.9. The van der Waals surface area contributed by atoms with E-state index in [1.807, 2.05) is 6.07 Å². The second-order valence-corrected chi connectivity index (χ2v) is 5.76. The van der Waals surface area contributed by atoms with Crippen molar-refractivity contribution in [2.24, 2.45) is 0 Å². The molecule has 1 saturated carbocycles. The minimum atomic E-state index is -0.303. The lowest BCUT2D eigenvalue weighted by molar-refractivity contribution is -0.122. The Morgan fingerprint density at radius 2 is 2.14 bits per heavy atom. The third kappa shape index (κ3) is 3.97. The Morgan fingerprint density at radius 1 is 1.36 bits per heavy atom. The SMILES string of the molecule is Cl.O=C(COC1CCCC1)Nc1ccc2c(c1F)CCNC2. The first-order chi connectivity index (χ1) is 10.2. The topological polar surface area (TPSA) is 50.4 Å². The third-order valence-corrected chi connectivity index (χ3v) is 4.23. The second kappa shape index (κ2) is 7.90. The van der Waals surface area contributed by atoms with Crippen molar-refractivity contribution in [2.45, 2.75) is 44.8 Å². The Morgan fingerprint density at radius 3 is 2.91 bits per heavy atom. The summed E-state index contributed by atoms with van der Waals surface area (Å²) in [6, 6.07) is 3.51. The standard InChI is InChI=1S/C16H21FN2O2.ClH/c17-16-13-7-8-18-9-11(13)5-6-14(16)19-15(20)10-21-12-3-1-2-4-12;/h5-6,12,18H,1-4,7-10H2,(H,19,20);1H. The van der Waals surface area contributed by atoms with Gasteiger partial charge in [0.1, 0.15) is 12.4 Å². The van der Waals surface area contributed by atoms with Gasteiger partial charge in [0, 0.05) is 6.54 Å². The van der Waals surface area contributed by atoms with Crippen molar-refractivity contribution in [2.75, 3.05) is 18.5 Å². The van der Waals surface area contributed by atoms with Crippen molar-refractivity contribution >= 4 is 24.0 Å². The van der Waals surface area contributed by atoms with Gasteiger partial charge < -0.3 is 15.4 Å². The molecule has 1 aliphatic carbocycles. The number of halogens is 2. The molecule has 0 bridgehead atoms. The average molecular weight is 329 g/mol. The monoisotopic (exact) mass is 328 g/mol. The predicted octanol–water partition coefficient (Wildman–Crippen LogP) is 2.79. The van der Waals surface area contributed by atoms with Crippen LogP contribution in [0.25, 0.3) is 0 Å². The number of nitrogens with one attached hydrogen (secondary N) is 2. The molecule has 22 heavy (non-hydrogen) atoms. The van der Waals surface area contributed by atoms with Crippen molar-refractivity contribution in [3.8, 4) is 0 Å². The van der Waals surface area contributed by atoms with Crippen LogP contribution in [0.3, 0.4) is 0 Å². The zero-order chi connectivity index (χ0) is 14.7. The number of anilines is 1. The fourth-order valence-corrected chi connectivity index (χ4v) is 3.06. The first-order valence-corrected chi connectivity index (χ1v) is 7.66. The lowest BCUT2D eigenvalue weighted by Crippen LogP contribution is -2.26. The van der Waals surface area contributed by atoms with Gasteiger partial charge in [0.15, 0.2) is 0 Å². The van der Waals surface area contributed by atoms with Crippen LogP contribution in [0.5, 0.6) is 0 Å². The summed E-state index contributed by atoms with van der Waals surface area (Å²) in [5, 5.41) is 5.83. The van der Waals surface area contributed by atoms with Crippen LogP contribution in [-0.4, -0.2) is 25.2 Å². The molecule has 1 amide bonds. The number of carbonyl (C=O) groups is 1. The minimum Gasteiger partial charge on any atom is -0.368 e. The number of carbonyl (C=O) groups excluding carboxylic acids is 1. The van der Waals surface area contributed by atoms with E-state index in [2.05, 4.69) is 10.6 Å². The number of hydrogen-bond donors (Lipinski definition) is 2. The van der Waals surface area contributed by atoms with Gasteiger partial charge in [-0.2, -0.15) is 0 Å². The molecule has 0 unspecified atom stereocenters. The molecule has 0 radical (unpaired) electrons. The lowest BCUT2D eigenvalue weighted by atomic mass is 9.99. The maximum absolute atomic E-state index is 14.4. The molecule has 2 N–H and O–H groups in total. The quantitative estimate of drug-likeness (QED) is 0.893. The van der Waals surface area contributed by atoms with Gasteiger partial charge in [-0.05, 0) is 43.0 Å². The molecule has 122 valence electrons. The summed E-state index contributed by atoms with van der Waals surface area (Å²) in [5.74, 6) is -0.585. The Balaban J connectivity index is 0.00000176. The number of ether oxygens (including phenoxy) is 1. The largest absolute Gasteiger partial charge is 0.368 e. The molecule has 1 aromatic carbocycles. The highest BCUT2D eigenvalue weighted by atomic mass is 35.5. The van der Waals surface area contributed by atoms with Gasteiger partial charge in [-0.25, -0.2) is 4.39 Å². The number of hydrogen-bond acceptors (Lipinski definition) is 3. The molecule has 1 heterocycles. The van der Waals surface area contributed by atoms with Gasteiger partial charge in [-0.15, -0.1) is 12.4 Å². The van der Waals surface area contributed by atoms with Crippen LogP contribution in [0.15, 0.2) is 12.1 Å². The van der Waals surface area contributed by atoms with E-state index in [1.54, 1.807) is 6.07 Å². The smallest absolute Gasteiger partial charge is 0.250 e. The second-order valence-electron chi connectivity index (χ2n) is 5.76. The molecule has 0 aromatic heterocycles. The van der Waals surface area contributed by atoms with E-state index in [0.29, 0.717) is 18.5 Å². The predicted molar refractivity (Wildman–Crippen MR) is 85.9 cm³/mol. The summed E-state index contributed by atoms with van der Waals surface area (Å²) in [7, 11) is 0. The van der Waals surface area contributed by atoms with Gasteiger partial charge in [0.05, 0.1) is 11.8 Å². The Labute approximate surface area is 136 Å². The van der Waals surface area contributed by atoms with Crippen molar-refractivity contribution < 1.29 is 13.9 Å². The molecule has 1 fully saturated rings. The fraction of sp³-hybridized carbons (Fsp3) is 0.562. The normalized spacial score (nSPS) is 17.7. The molecule has 1 aliphatic heterocycles. The first-order valence-electron chi connectivity index (χ1n) is 7.66. The van der Waals surface area contributed by atoms with Crippen LogP contribution in [0.2, 0.25) is 0 Å². The highest BCUT2D eigenvalue weighted by Crippen LogP contribution is 2.25. The van der Waals surface area contributed by atoms with Crippen molar-refractivity contribution in [1.82, 2.24) is 5.32 Å². The average Bonchev–Trinajstić information content (AvgIpc) is 3.02. The molecule has 4 nitrogen and oxygen atoms in total. The summed E-state index contributed by atoms with van der Waals surface area (Å²) in [6.07, 6.45) is 5.22. The van der Waals surface area contributed by atoms with E-state index in [1.165, 1.54) is 12.8 Å². The Kier molecular flexibility index (Phi) is 6.17. The first kappa shape index (κ1) is 17.2. The van der Waals surface area contributed by atoms with Gasteiger partial charge in [-0.1, -0.05) is 18.9 Å². The number of fused-ring (bicyclic) bond motifs is 1. The Hall–Kier alpha value is -1.17. The van der Waals surface area contributed by atoms with Gasteiger partial charge in [0.25, 0.3) is 0 Å². The number of amides is 1. The lowest BCUT2D eigenvalue weighted by Gasteiger charge is -2.19. The van der Waals surface area contributed by atoms with Crippen LogP contribution in [-0.2, 0) is 22.5 Å². The zero-order valence-electron chi connectivity index (χ0n) is 12.5. The molecular weight excluding hydrogens is 307 g/mol. The summed E-state index contributed by atoms with van der Waals surface area (Å²) < 4.78 is 19.9.